The summed E-state index contributed by atoms with van der Waals surface area (Å²) in [5.41, 5.74) is 2.23. The van der Waals surface area contributed by atoms with Gasteiger partial charge in [0.25, 0.3) is 0 Å². The Kier molecular flexibility index (Phi) is 8.88. The number of nitrogens with zero attached hydrogens (tertiary/aromatic N) is 4. The minimum absolute atomic E-state index is 0.0156. The average Bonchev–Trinajstić information content (AvgIpc) is 3.19. The molecule has 1 heterocycles. The molecule has 2 rings (SSSR count). The van der Waals surface area contributed by atoms with Gasteiger partial charge in [0, 0.05) is 33.1 Å². The fourth-order valence-corrected chi connectivity index (χ4v) is 3.84. The first-order valence-corrected chi connectivity index (χ1v) is 10.5. The van der Waals surface area contributed by atoms with Crippen molar-refractivity contribution in [1.29, 1.82) is 0 Å². The van der Waals surface area contributed by atoms with Crippen LogP contribution in [-0.2, 0) is 11.3 Å². The summed E-state index contributed by atoms with van der Waals surface area (Å²) in [6.07, 6.45) is 0.0156. The molecule has 0 fully saturated rings. The van der Waals surface area contributed by atoms with Crippen LogP contribution in [0.5, 0.6) is 5.75 Å². The van der Waals surface area contributed by atoms with Gasteiger partial charge in [0.1, 0.15) is 16.9 Å². The van der Waals surface area contributed by atoms with Crippen LogP contribution >= 0.6 is 11.3 Å². The Morgan fingerprint density at radius 1 is 1.21 bits per heavy atom. The second-order valence-corrected chi connectivity index (χ2v) is 7.98. The third-order valence-corrected chi connectivity index (χ3v) is 5.88. The quantitative estimate of drug-likeness (QED) is 0.498. The molecule has 0 spiro atoms. The molecule has 1 aromatic heterocycles. The molecule has 0 saturated carbocycles. The van der Waals surface area contributed by atoms with E-state index in [0.29, 0.717) is 6.54 Å². The van der Waals surface area contributed by atoms with Crippen LogP contribution in [0.15, 0.2) is 34.6 Å². The molecule has 0 radical (unpaired) electrons. The van der Waals surface area contributed by atoms with Gasteiger partial charge in [-0.2, -0.15) is 0 Å². The minimum Gasteiger partial charge on any atom is -0.497 e. The van der Waals surface area contributed by atoms with E-state index in [2.05, 4.69) is 56.7 Å². The highest BCUT2D eigenvalue weighted by molar-refractivity contribution is 7.09. The molecule has 29 heavy (non-hydrogen) atoms. The number of aliphatic imine (C=N–C) groups is 1. The first-order valence-electron chi connectivity index (χ1n) is 9.58. The van der Waals surface area contributed by atoms with Crippen LogP contribution in [0.4, 0.5) is 0 Å². The molecule has 0 saturated heterocycles. The van der Waals surface area contributed by atoms with Crippen LogP contribution in [0.1, 0.15) is 35.3 Å². The lowest BCUT2D eigenvalue weighted by molar-refractivity contribution is 0.119. The number of hydrogen-bond donors (Lipinski definition) is 1. The molecule has 0 bridgehead atoms. The highest BCUT2D eigenvalue weighted by Crippen LogP contribution is 2.22. The zero-order chi connectivity index (χ0) is 21.4. The number of methoxy groups -OCH3 is 2. The van der Waals surface area contributed by atoms with Gasteiger partial charge in [-0.15, -0.1) is 11.3 Å². The highest BCUT2D eigenvalue weighted by atomic mass is 32.1. The van der Waals surface area contributed by atoms with E-state index >= 15 is 0 Å². The fraction of sp³-hybridized carbons (Fsp3) is 0.524. The number of guanidine groups is 1. The van der Waals surface area contributed by atoms with E-state index in [0.717, 1.165) is 29.0 Å². The summed E-state index contributed by atoms with van der Waals surface area (Å²) in [7, 11) is 11.4. The third kappa shape index (κ3) is 6.42. The molecule has 8 heteroatoms. The van der Waals surface area contributed by atoms with Crippen LogP contribution in [0, 0.1) is 0 Å². The Balaban J connectivity index is 2.00. The first-order chi connectivity index (χ1) is 13.9. The predicted molar refractivity (Wildman–Crippen MR) is 120 cm³/mol. The first kappa shape index (κ1) is 23.1. The minimum atomic E-state index is 0.0156. The number of aromatic nitrogens is 1. The SMILES string of the molecule is CN=C(NCC(c1ccc(OC)cc1)N(C)C)N(C)Cc1csc(C(C)OC)n1. The molecule has 2 atom stereocenters. The van der Waals surface area contributed by atoms with Crippen molar-refractivity contribution in [3.8, 4) is 5.75 Å². The monoisotopic (exact) mass is 419 g/mol. The van der Waals surface area contributed by atoms with Gasteiger partial charge in [0.15, 0.2) is 5.96 Å². The number of nitrogens with one attached hydrogen (secondary N) is 1. The van der Waals surface area contributed by atoms with Crippen LogP contribution in [-0.4, -0.2) is 69.7 Å². The van der Waals surface area contributed by atoms with Crippen molar-refractivity contribution in [1.82, 2.24) is 20.1 Å². The van der Waals surface area contributed by atoms with Gasteiger partial charge >= 0.3 is 0 Å². The Bertz CT molecular complexity index is 776. The second kappa shape index (κ2) is 11.1. The Morgan fingerprint density at radius 2 is 1.90 bits per heavy atom. The maximum absolute atomic E-state index is 5.35. The van der Waals surface area contributed by atoms with E-state index in [4.69, 9.17) is 9.47 Å². The van der Waals surface area contributed by atoms with E-state index in [-0.39, 0.29) is 12.1 Å². The number of hydrogen-bond acceptors (Lipinski definition) is 6. The Morgan fingerprint density at radius 3 is 2.45 bits per heavy atom. The number of likely N-dealkylation sites (N-methyl/N-ethyl adjacent to an activating group) is 1. The summed E-state index contributed by atoms with van der Waals surface area (Å²) < 4.78 is 10.6. The summed E-state index contributed by atoms with van der Waals surface area (Å²) in [5.74, 6) is 1.69. The largest absolute Gasteiger partial charge is 0.497 e. The van der Waals surface area contributed by atoms with Crippen LogP contribution < -0.4 is 10.1 Å². The summed E-state index contributed by atoms with van der Waals surface area (Å²) in [6, 6.07) is 8.40. The smallest absolute Gasteiger partial charge is 0.193 e. The zero-order valence-corrected chi connectivity index (χ0v) is 19.3. The average molecular weight is 420 g/mol. The molecular weight excluding hydrogens is 386 g/mol. The van der Waals surface area contributed by atoms with Gasteiger partial charge in [0.2, 0.25) is 0 Å². The Hall–Kier alpha value is -2.16. The van der Waals surface area contributed by atoms with Crippen molar-refractivity contribution < 1.29 is 9.47 Å². The molecule has 7 nitrogen and oxygen atoms in total. The topological polar surface area (TPSA) is 62.2 Å². The lowest BCUT2D eigenvalue weighted by Gasteiger charge is -2.28. The van der Waals surface area contributed by atoms with Crippen molar-refractivity contribution in [2.45, 2.75) is 25.6 Å². The van der Waals surface area contributed by atoms with Crippen LogP contribution in [0.25, 0.3) is 0 Å². The van der Waals surface area contributed by atoms with Gasteiger partial charge in [-0.25, -0.2) is 4.98 Å². The van der Waals surface area contributed by atoms with E-state index in [1.54, 1.807) is 32.6 Å². The fourth-order valence-electron chi connectivity index (χ4n) is 3.00. The van der Waals surface area contributed by atoms with Crippen molar-refractivity contribution in [2.24, 2.45) is 4.99 Å². The summed E-state index contributed by atoms with van der Waals surface area (Å²) in [6.45, 7) is 3.43. The molecule has 2 unspecified atom stereocenters. The number of thiazole rings is 1. The summed E-state index contributed by atoms with van der Waals surface area (Å²) in [5, 5.41) is 6.56. The van der Waals surface area contributed by atoms with Gasteiger partial charge in [-0.05, 0) is 38.7 Å². The molecule has 2 aromatic rings. The third-order valence-electron chi connectivity index (χ3n) is 4.82. The molecule has 1 N–H and O–H groups in total. The van der Waals surface area contributed by atoms with Crippen LogP contribution in [0.2, 0.25) is 0 Å². The van der Waals surface area contributed by atoms with Crippen molar-refractivity contribution >= 4 is 17.3 Å². The zero-order valence-electron chi connectivity index (χ0n) is 18.5. The molecule has 160 valence electrons. The molecule has 0 aliphatic carbocycles. The summed E-state index contributed by atoms with van der Waals surface area (Å²) in [4.78, 5) is 13.4. The van der Waals surface area contributed by atoms with Gasteiger partial charge < -0.3 is 24.6 Å². The number of rotatable bonds is 9. The van der Waals surface area contributed by atoms with Gasteiger partial charge in [-0.3, -0.25) is 4.99 Å². The van der Waals surface area contributed by atoms with E-state index in [1.165, 1.54) is 5.56 Å². The Labute approximate surface area is 178 Å². The second-order valence-electron chi connectivity index (χ2n) is 7.09. The van der Waals surface area contributed by atoms with E-state index < -0.39 is 0 Å². The normalized spacial score (nSPS) is 14.0. The van der Waals surface area contributed by atoms with Gasteiger partial charge in [-0.1, -0.05) is 12.1 Å². The van der Waals surface area contributed by atoms with E-state index in [9.17, 15) is 0 Å². The number of ether oxygens (including phenoxy) is 2. The molecule has 0 aliphatic rings. The maximum Gasteiger partial charge on any atom is 0.193 e. The van der Waals surface area contributed by atoms with Crippen molar-refractivity contribution in [3.63, 3.8) is 0 Å². The summed E-state index contributed by atoms with van der Waals surface area (Å²) >= 11 is 1.63. The van der Waals surface area contributed by atoms with Crippen LogP contribution in [0.3, 0.4) is 0 Å². The number of benzene rings is 1. The highest BCUT2D eigenvalue weighted by Gasteiger charge is 2.17. The lowest BCUT2D eigenvalue weighted by atomic mass is 10.1. The lowest BCUT2D eigenvalue weighted by Crippen LogP contribution is -2.42. The maximum atomic E-state index is 5.35. The molecule has 1 aromatic carbocycles. The van der Waals surface area contributed by atoms with Crippen molar-refractivity contribution in [2.75, 3.05) is 49.0 Å². The molecule has 0 amide bonds. The standard InChI is InChI=1S/C21H33N5O2S/c1-15(27-6)20-24-17(14-29-20)13-26(5)21(22-2)23-12-19(25(3)4)16-8-10-18(28-7)11-9-16/h8-11,14-15,19H,12-13H2,1-7H3,(H,22,23). The predicted octanol–water partition coefficient (Wildman–Crippen LogP) is 3.17. The molecule has 0 aliphatic heterocycles. The van der Waals surface area contributed by atoms with E-state index in [1.807, 2.05) is 26.1 Å². The van der Waals surface area contributed by atoms with Gasteiger partial charge in [0.05, 0.1) is 25.4 Å². The molecular formula is C21H33N5O2S. The van der Waals surface area contributed by atoms with Crippen molar-refractivity contribution in [3.05, 3.63) is 45.9 Å².